The molecule has 0 saturated heterocycles. The van der Waals surface area contributed by atoms with Gasteiger partial charge in [0.05, 0.1) is 12.7 Å². The monoisotopic (exact) mass is 339 g/mol. The van der Waals surface area contributed by atoms with Crippen LogP contribution < -0.4 is 10.1 Å². The highest BCUT2D eigenvalue weighted by Crippen LogP contribution is 2.35. The number of carbonyl (C=O) groups excluding carboxylic acids is 1. The van der Waals surface area contributed by atoms with Crippen LogP contribution in [-0.2, 0) is 0 Å². The van der Waals surface area contributed by atoms with Crippen LogP contribution in [0.5, 0.6) is 5.75 Å². The van der Waals surface area contributed by atoms with E-state index >= 15 is 0 Å². The van der Waals surface area contributed by atoms with Crippen molar-refractivity contribution in [1.82, 2.24) is 5.32 Å². The fourth-order valence-corrected chi connectivity index (χ4v) is 3.04. The van der Waals surface area contributed by atoms with Gasteiger partial charge in [0.1, 0.15) is 5.75 Å². The van der Waals surface area contributed by atoms with Gasteiger partial charge >= 0.3 is 0 Å². The fraction of sp³-hybridized carbons (Fsp3) is 0.562. The molecule has 4 heteroatoms. The Kier molecular flexibility index (Phi) is 4.74. The molecule has 1 saturated carbocycles. The molecule has 1 aromatic rings. The van der Waals surface area contributed by atoms with E-state index in [1.54, 1.807) is 13.2 Å². The lowest BCUT2D eigenvalue weighted by Gasteiger charge is -2.34. The molecule has 110 valence electrons. The third-order valence-corrected chi connectivity index (χ3v) is 4.78. The van der Waals surface area contributed by atoms with Crippen LogP contribution in [0.2, 0.25) is 0 Å². The van der Waals surface area contributed by atoms with Crippen molar-refractivity contribution in [3.05, 3.63) is 28.2 Å². The van der Waals surface area contributed by atoms with Gasteiger partial charge in [0, 0.05) is 10.5 Å². The van der Waals surface area contributed by atoms with E-state index in [2.05, 4.69) is 35.1 Å². The van der Waals surface area contributed by atoms with Crippen molar-refractivity contribution in [1.29, 1.82) is 0 Å². The van der Waals surface area contributed by atoms with Gasteiger partial charge in [-0.3, -0.25) is 4.79 Å². The van der Waals surface area contributed by atoms with Crippen molar-refractivity contribution >= 4 is 21.8 Å². The summed E-state index contributed by atoms with van der Waals surface area (Å²) in [4.78, 5) is 12.4. The molecule has 0 heterocycles. The van der Waals surface area contributed by atoms with Crippen LogP contribution >= 0.6 is 15.9 Å². The van der Waals surface area contributed by atoms with Crippen molar-refractivity contribution in [2.24, 2.45) is 5.41 Å². The molecule has 3 nitrogen and oxygen atoms in total. The lowest BCUT2D eigenvalue weighted by molar-refractivity contribution is 0.0908. The summed E-state index contributed by atoms with van der Waals surface area (Å²) in [5.74, 6) is 0.670. The summed E-state index contributed by atoms with van der Waals surface area (Å²) in [6.45, 7) is 4.59. The summed E-state index contributed by atoms with van der Waals surface area (Å²) in [6, 6.07) is 5.74. The van der Waals surface area contributed by atoms with Crippen molar-refractivity contribution in [3.63, 3.8) is 0 Å². The molecule has 0 aromatic heterocycles. The van der Waals surface area contributed by atoms with Crippen LogP contribution in [0.1, 0.15) is 49.9 Å². The average Bonchev–Trinajstić information content (AvgIpc) is 2.41. The summed E-state index contributed by atoms with van der Waals surface area (Å²) in [7, 11) is 1.61. The Balaban J connectivity index is 2.02. The SMILES string of the molecule is COc1ccc(Br)c(C(=O)NC2CCC(C)(C)CC2)c1. The first-order valence-corrected chi connectivity index (χ1v) is 7.85. The minimum absolute atomic E-state index is 0.0273. The smallest absolute Gasteiger partial charge is 0.252 e. The number of carbonyl (C=O) groups is 1. The predicted molar refractivity (Wildman–Crippen MR) is 84.2 cm³/mol. The second-order valence-corrected chi connectivity index (χ2v) is 7.11. The predicted octanol–water partition coefficient (Wildman–Crippen LogP) is 4.16. The third kappa shape index (κ3) is 3.75. The standard InChI is InChI=1S/C16H22BrNO2/c1-16(2)8-6-11(7-9-16)18-15(19)13-10-12(20-3)4-5-14(13)17/h4-5,10-11H,6-9H2,1-3H3,(H,18,19). The number of hydrogen-bond acceptors (Lipinski definition) is 2. The number of rotatable bonds is 3. The first kappa shape index (κ1) is 15.4. The number of amides is 1. The summed E-state index contributed by atoms with van der Waals surface area (Å²) in [5.41, 5.74) is 1.05. The lowest BCUT2D eigenvalue weighted by atomic mass is 9.75. The van der Waals surface area contributed by atoms with Crippen molar-refractivity contribution in [2.75, 3.05) is 7.11 Å². The van der Waals surface area contributed by atoms with Gasteiger partial charge < -0.3 is 10.1 Å². The van der Waals surface area contributed by atoms with E-state index in [-0.39, 0.29) is 11.9 Å². The highest BCUT2D eigenvalue weighted by Gasteiger charge is 2.28. The van der Waals surface area contributed by atoms with E-state index < -0.39 is 0 Å². The second kappa shape index (κ2) is 6.17. The lowest BCUT2D eigenvalue weighted by Crippen LogP contribution is -2.39. The molecule has 1 aliphatic rings. The summed E-state index contributed by atoms with van der Waals surface area (Å²) >= 11 is 3.43. The number of ether oxygens (including phenoxy) is 1. The van der Waals surface area contributed by atoms with E-state index in [4.69, 9.17) is 4.74 Å². The molecule has 1 amide bonds. The zero-order valence-corrected chi connectivity index (χ0v) is 13.9. The topological polar surface area (TPSA) is 38.3 Å². The summed E-state index contributed by atoms with van der Waals surface area (Å²) in [6.07, 6.45) is 4.44. The minimum atomic E-state index is -0.0273. The van der Waals surface area contributed by atoms with E-state index in [1.165, 1.54) is 0 Å². The van der Waals surface area contributed by atoms with Gasteiger partial charge in [-0.15, -0.1) is 0 Å². The average molecular weight is 340 g/mol. The van der Waals surface area contributed by atoms with Crippen LogP contribution in [0.4, 0.5) is 0 Å². The molecule has 1 N–H and O–H groups in total. The first-order valence-electron chi connectivity index (χ1n) is 7.06. The maximum absolute atomic E-state index is 12.4. The number of benzene rings is 1. The zero-order valence-electron chi connectivity index (χ0n) is 12.3. The Morgan fingerprint density at radius 1 is 1.35 bits per heavy atom. The molecule has 0 unspecified atom stereocenters. The number of methoxy groups -OCH3 is 1. The molecule has 0 spiro atoms. The second-order valence-electron chi connectivity index (χ2n) is 6.26. The largest absolute Gasteiger partial charge is 0.497 e. The molecule has 20 heavy (non-hydrogen) atoms. The number of nitrogens with one attached hydrogen (secondary N) is 1. The molecule has 0 aliphatic heterocycles. The van der Waals surface area contributed by atoms with Gasteiger partial charge in [-0.1, -0.05) is 13.8 Å². The van der Waals surface area contributed by atoms with Crippen molar-refractivity contribution in [3.8, 4) is 5.75 Å². The molecule has 2 rings (SSSR count). The number of hydrogen-bond donors (Lipinski definition) is 1. The normalized spacial score (nSPS) is 18.6. The summed E-state index contributed by atoms with van der Waals surface area (Å²) in [5, 5.41) is 3.14. The van der Waals surface area contributed by atoms with Gasteiger partial charge in [-0.25, -0.2) is 0 Å². The molecular formula is C16H22BrNO2. The van der Waals surface area contributed by atoms with Crippen LogP contribution in [0.25, 0.3) is 0 Å². The van der Waals surface area contributed by atoms with Crippen LogP contribution in [-0.4, -0.2) is 19.1 Å². The quantitative estimate of drug-likeness (QED) is 0.897. The van der Waals surface area contributed by atoms with Gasteiger partial charge in [-0.05, 0) is 65.2 Å². The maximum atomic E-state index is 12.4. The van der Waals surface area contributed by atoms with E-state index in [1.807, 2.05) is 12.1 Å². The van der Waals surface area contributed by atoms with Crippen molar-refractivity contribution < 1.29 is 9.53 Å². The van der Waals surface area contributed by atoms with Crippen LogP contribution in [0.15, 0.2) is 22.7 Å². The Hall–Kier alpha value is -1.03. The number of halogens is 1. The van der Waals surface area contributed by atoms with Gasteiger partial charge in [-0.2, -0.15) is 0 Å². The molecule has 1 aromatic carbocycles. The fourth-order valence-electron chi connectivity index (χ4n) is 2.61. The highest BCUT2D eigenvalue weighted by atomic mass is 79.9. The van der Waals surface area contributed by atoms with E-state index in [9.17, 15) is 4.79 Å². The third-order valence-electron chi connectivity index (χ3n) is 4.09. The van der Waals surface area contributed by atoms with Crippen molar-refractivity contribution in [2.45, 2.75) is 45.6 Å². The van der Waals surface area contributed by atoms with Gasteiger partial charge in [0.15, 0.2) is 0 Å². The summed E-state index contributed by atoms with van der Waals surface area (Å²) < 4.78 is 5.97. The minimum Gasteiger partial charge on any atom is -0.497 e. The zero-order chi connectivity index (χ0) is 14.8. The molecule has 0 atom stereocenters. The molecular weight excluding hydrogens is 318 g/mol. The van der Waals surface area contributed by atoms with Gasteiger partial charge in [0.25, 0.3) is 5.91 Å². The Morgan fingerprint density at radius 2 is 2.00 bits per heavy atom. The molecule has 1 fully saturated rings. The van der Waals surface area contributed by atoms with E-state index in [0.29, 0.717) is 16.7 Å². The van der Waals surface area contributed by atoms with E-state index in [0.717, 1.165) is 30.2 Å². The maximum Gasteiger partial charge on any atom is 0.252 e. The van der Waals surface area contributed by atoms with Gasteiger partial charge in [0.2, 0.25) is 0 Å². The Morgan fingerprint density at radius 3 is 2.60 bits per heavy atom. The molecule has 0 radical (unpaired) electrons. The molecule has 0 bridgehead atoms. The Bertz CT molecular complexity index is 489. The van der Waals surface area contributed by atoms with Crippen LogP contribution in [0.3, 0.4) is 0 Å². The highest BCUT2D eigenvalue weighted by molar-refractivity contribution is 9.10. The first-order chi connectivity index (χ1) is 9.41. The molecule has 1 aliphatic carbocycles. The Labute approximate surface area is 129 Å². The van der Waals surface area contributed by atoms with Crippen LogP contribution in [0, 0.1) is 5.41 Å².